The molecule has 1 aromatic carbocycles. The SMILES string of the molecule is CCC(CC)(CN)NC(=O)CCc1ccc(OC(F)F)cc1.Cl. The summed E-state index contributed by atoms with van der Waals surface area (Å²) in [5.41, 5.74) is 6.30. The summed E-state index contributed by atoms with van der Waals surface area (Å²) in [6.45, 7) is 1.58. The van der Waals surface area contributed by atoms with Crippen molar-refractivity contribution in [3.63, 3.8) is 0 Å². The Kier molecular flexibility index (Phi) is 9.76. The summed E-state index contributed by atoms with van der Waals surface area (Å²) in [5, 5.41) is 3.00. The van der Waals surface area contributed by atoms with Crippen molar-refractivity contribution in [2.45, 2.75) is 51.7 Å². The molecule has 0 atom stereocenters. The van der Waals surface area contributed by atoms with E-state index in [1.54, 1.807) is 12.1 Å². The van der Waals surface area contributed by atoms with Crippen molar-refractivity contribution in [2.24, 2.45) is 5.73 Å². The molecule has 4 nitrogen and oxygen atoms in total. The highest BCUT2D eigenvalue weighted by Gasteiger charge is 2.25. The van der Waals surface area contributed by atoms with Crippen LogP contribution in [0.3, 0.4) is 0 Å². The second kappa shape index (κ2) is 10.4. The van der Waals surface area contributed by atoms with Crippen molar-refractivity contribution in [3.05, 3.63) is 29.8 Å². The van der Waals surface area contributed by atoms with Crippen LogP contribution in [-0.2, 0) is 11.2 Å². The molecule has 3 N–H and O–H groups in total. The zero-order chi connectivity index (χ0) is 16.6. The van der Waals surface area contributed by atoms with Gasteiger partial charge in [-0.15, -0.1) is 12.4 Å². The van der Waals surface area contributed by atoms with E-state index in [0.717, 1.165) is 18.4 Å². The maximum absolute atomic E-state index is 12.0. The number of rotatable bonds is 9. The monoisotopic (exact) mass is 350 g/mol. The number of alkyl halides is 2. The Morgan fingerprint density at radius 1 is 1.26 bits per heavy atom. The summed E-state index contributed by atoms with van der Waals surface area (Å²) in [5.74, 6) is 0.0596. The molecular weight excluding hydrogens is 326 g/mol. The number of carbonyl (C=O) groups is 1. The van der Waals surface area contributed by atoms with Gasteiger partial charge in [0.1, 0.15) is 5.75 Å². The molecular formula is C16H25ClF2N2O2. The molecule has 23 heavy (non-hydrogen) atoms. The third kappa shape index (κ3) is 7.14. The first kappa shape index (κ1) is 21.6. The van der Waals surface area contributed by atoms with Crippen LogP contribution in [0.1, 0.15) is 38.7 Å². The Balaban J connectivity index is 0.00000484. The predicted octanol–water partition coefficient (Wildman–Crippen LogP) is 3.28. The maximum Gasteiger partial charge on any atom is 0.387 e. The van der Waals surface area contributed by atoms with E-state index in [-0.39, 0.29) is 29.6 Å². The highest BCUT2D eigenvalue weighted by molar-refractivity contribution is 5.85. The van der Waals surface area contributed by atoms with Crippen LogP contribution in [0.5, 0.6) is 5.75 Å². The normalized spacial score (nSPS) is 11.0. The second-order valence-electron chi connectivity index (χ2n) is 5.26. The summed E-state index contributed by atoms with van der Waals surface area (Å²) >= 11 is 0. The Bertz CT molecular complexity index is 457. The van der Waals surface area contributed by atoms with Crippen LogP contribution in [0.2, 0.25) is 0 Å². The second-order valence-corrected chi connectivity index (χ2v) is 5.26. The van der Waals surface area contributed by atoms with Crippen molar-refractivity contribution in [1.29, 1.82) is 0 Å². The van der Waals surface area contributed by atoms with Crippen molar-refractivity contribution in [2.75, 3.05) is 6.54 Å². The number of carbonyl (C=O) groups excluding carboxylic acids is 1. The van der Waals surface area contributed by atoms with Crippen molar-refractivity contribution < 1.29 is 18.3 Å². The Labute approximate surface area is 142 Å². The molecule has 0 heterocycles. The lowest BCUT2D eigenvalue weighted by Gasteiger charge is -2.31. The molecule has 0 aromatic heterocycles. The molecule has 0 radical (unpaired) electrons. The number of amides is 1. The summed E-state index contributed by atoms with van der Waals surface area (Å²) < 4.78 is 28.4. The molecule has 0 saturated carbocycles. The summed E-state index contributed by atoms with van der Waals surface area (Å²) in [6.07, 6.45) is 2.43. The van der Waals surface area contributed by atoms with E-state index < -0.39 is 6.61 Å². The van der Waals surface area contributed by atoms with E-state index in [0.29, 0.717) is 19.4 Å². The minimum Gasteiger partial charge on any atom is -0.435 e. The zero-order valence-electron chi connectivity index (χ0n) is 13.5. The first-order valence-corrected chi connectivity index (χ1v) is 7.49. The topological polar surface area (TPSA) is 64.3 Å². The van der Waals surface area contributed by atoms with Crippen LogP contribution >= 0.6 is 12.4 Å². The smallest absolute Gasteiger partial charge is 0.387 e. The van der Waals surface area contributed by atoms with E-state index >= 15 is 0 Å². The molecule has 1 rings (SSSR count). The highest BCUT2D eigenvalue weighted by atomic mass is 35.5. The lowest BCUT2D eigenvalue weighted by Crippen LogP contribution is -2.52. The lowest BCUT2D eigenvalue weighted by molar-refractivity contribution is -0.123. The average molecular weight is 351 g/mol. The number of aryl methyl sites for hydroxylation is 1. The van der Waals surface area contributed by atoms with Gasteiger partial charge in [0.05, 0.1) is 5.54 Å². The van der Waals surface area contributed by atoms with Gasteiger partial charge in [-0.25, -0.2) is 0 Å². The molecule has 0 aliphatic carbocycles. The van der Waals surface area contributed by atoms with Gasteiger partial charge in [-0.05, 0) is 37.0 Å². The average Bonchev–Trinajstić information content (AvgIpc) is 2.51. The number of halogens is 3. The number of benzene rings is 1. The largest absolute Gasteiger partial charge is 0.435 e. The predicted molar refractivity (Wildman–Crippen MR) is 89.2 cm³/mol. The van der Waals surface area contributed by atoms with Crippen molar-refractivity contribution in [3.8, 4) is 5.75 Å². The van der Waals surface area contributed by atoms with Crippen LogP contribution < -0.4 is 15.8 Å². The van der Waals surface area contributed by atoms with Gasteiger partial charge in [-0.3, -0.25) is 4.79 Å². The summed E-state index contributed by atoms with van der Waals surface area (Å²) in [6, 6.07) is 6.31. The van der Waals surface area contributed by atoms with Gasteiger partial charge < -0.3 is 15.8 Å². The first-order valence-electron chi connectivity index (χ1n) is 7.49. The number of hydrogen-bond acceptors (Lipinski definition) is 3. The van der Waals surface area contributed by atoms with Crippen LogP contribution in [0.4, 0.5) is 8.78 Å². The van der Waals surface area contributed by atoms with E-state index in [9.17, 15) is 13.6 Å². The minimum absolute atomic E-state index is 0. The zero-order valence-corrected chi connectivity index (χ0v) is 14.3. The van der Waals surface area contributed by atoms with E-state index in [1.807, 2.05) is 13.8 Å². The van der Waals surface area contributed by atoms with Crippen molar-refractivity contribution in [1.82, 2.24) is 5.32 Å². The fourth-order valence-corrected chi connectivity index (χ4v) is 2.22. The molecule has 1 aromatic rings. The van der Waals surface area contributed by atoms with Gasteiger partial charge in [0, 0.05) is 13.0 Å². The fraction of sp³-hybridized carbons (Fsp3) is 0.562. The molecule has 0 aliphatic rings. The van der Waals surface area contributed by atoms with Crippen LogP contribution in [-0.4, -0.2) is 24.6 Å². The van der Waals surface area contributed by atoms with E-state index in [2.05, 4.69) is 10.1 Å². The number of nitrogens with two attached hydrogens (primary N) is 1. The van der Waals surface area contributed by atoms with Crippen LogP contribution in [0.15, 0.2) is 24.3 Å². The molecule has 1 amide bonds. The Morgan fingerprint density at radius 2 is 1.83 bits per heavy atom. The van der Waals surface area contributed by atoms with Gasteiger partial charge in [0.2, 0.25) is 5.91 Å². The van der Waals surface area contributed by atoms with Gasteiger partial charge in [0.15, 0.2) is 0 Å². The molecule has 0 unspecified atom stereocenters. The van der Waals surface area contributed by atoms with E-state index in [1.165, 1.54) is 12.1 Å². The summed E-state index contributed by atoms with van der Waals surface area (Å²) in [7, 11) is 0. The minimum atomic E-state index is -2.83. The third-order valence-electron chi connectivity index (χ3n) is 3.94. The number of ether oxygens (including phenoxy) is 1. The maximum atomic E-state index is 12.0. The van der Waals surface area contributed by atoms with Crippen LogP contribution in [0.25, 0.3) is 0 Å². The summed E-state index contributed by atoms with van der Waals surface area (Å²) in [4.78, 5) is 12.0. The van der Waals surface area contributed by atoms with Gasteiger partial charge >= 0.3 is 6.61 Å². The quantitative estimate of drug-likeness (QED) is 0.718. The molecule has 0 fully saturated rings. The highest BCUT2D eigenvalue weighted by Crippen LogP contribution is 2.17. The molecule has 7 heteroatoms. The molecule has 132 valence electrons. The van der Waals surface area contributed by atoms with Gasteiger partial charge in [-0.2, -0.15) is 8.78 Å². The first-order chi connectivity index (χ1) is 10.4. The third-order valence-corrected chi connectivity index (χ3v) is 3.94. The van der Waals surface area contributed by atoms with Gasteiger partial charge in [-0.1, -0.05) is 26.0 Å². The molecule has 0 bridgehead atoms. The number of nitrogens with one attached hydrogen (secondary N) is 1. The molecule has 0 aliphatic heterocycles. The standard InChI is InChI=1S/C16H24F2N2O2.ClH/c1-3-16(4-2,11-19)20-14(21)10-7-12-5-8-13(9-6-12)22-15(17)18;/h5-6,8-9,15H,3-4,7,10-11,19H2,1-2H3,(H,20,21);1H. The lowest BCUT2D eigenvalue weighted by atomic mass is 9.92. The number of hydrogen-bond donors (Lipinski definition) is 2. The van der Waals surface area contributed by atoms with Crippen LogP contribution in [0, 0.1) is 0 Å². The fourth-order valence-electron chi connectivity index (χ4n) is 2.22. The van der Waals surface area contributed by atoms with Crippen molar-refractivity contribution >= 4 is 18.3 Å². The Morgan fingerprint density at radius 3 is 2.26 bits per heavy atom. The Hall–Kier alpha value is -1.40. The molecule has 0 saturated heterocycles. The van der Waals surface area contributed by atoms with Gasteiger partial charge in [0.25, 0.3) is 0 Å². The molecule has 0 spiro atoms. The van der Waals surface area contributed by atoms with E-state index in [4.69, 9.17) is 5.73 Å².